The minimum absolute atomic E-state index is 0.158. The summed E-state index contributed by atoms with van der Waals surface area (Å²) in [5.41, 5.74) is 0.949. The van der Waals surface area contributed by atoms with Crippen LogP contribution in [0.2, 0.25) is 12.1 Å². The smallest absolute Gasteiger partial charge is 0.158 e. The quantitative estimate of drug-likeness (QED) is 0.791. The molecule has 0 heterocycles. The van der Waals surface area contributed by atoms with Crippen molar-refractivity contribution in [3.05, 3.63) is 30.3 Å². The van der Waals surface area contributed by atoms with Crippen LogP contribution in [-0.4, -0.2) is 13.8 Å². The van der Waals surface area contributed by atoms with E-state index in [0.717, 1.165) is 29.2 Å². The van der Waals surface area contributed by atoms with Crippen molar-refractivity contribution in [2.75, 3.05) is 0 Å². The minimum Gasteiger partial charge on any atom is -0.329 e. The summed E-state index contributed by atoms with van der Waals surface area (Å²) >= 11 is 0. The zero-order valence-electron chi connectivity index (χ0n) is 15.8. The van der Waals surface area contributed by atoms with Crippen LogP contribution >= 0.6 is 0 Å². The summed E-state index contributed by atoms with van der Waals surface area (Å²) in [6, 6.07) is 11.3. The molecule has 124 valence electrons. The second-order valence-corrected chi connectivity index (χ2v) is 12.8. The Labute approximate surface area is 139 Å². The van der Waals surface area contributed by atoms with Crippen molar-refractivity contribution in [3.63, 3.8) is 0 Å². The van der Waals surface area contributed by atoms with Gasteiger partial charge < -0.3 is 4.98 Å². The molecule has 1 aliphatic rings. The molecule has 0 aromatic heterocycles. The van der Waals surface area contributed by atoms with Crippen molar-refractivity contribution >= 4 is 13.4 Å². The van der Waals surface area contributed by atoms with Gasteiger partial charge in [0.1, 0.15) is 0 Å². The molecule has 1 aromatic rings. The lowest BCUT2D eigenvalue weighted by Gasteiger charge is -2.44. The lowest BCUT2D eigenvalue weighted by Crippen LogP contribution is -2.67. The van der Waals surface area contributed by atoms with E-state index in [1.165, 1.54) is 0 Å². The Morgan fingerprint density at radius 1 is 0.818 bits per heavy atom. The van der Waals surface area contributed by atoms with Gasteiger partial charge in [0.15, 0.2) is 8.24 Å². The first-order chi connectivity index (χ1) is 10.1. The highest BCUT2D eigenvalue weighted by Crippen LogP contribution is 2.52. The topological polar surface area (TPSA) is 12.0 Å². The van der Waals surface area contributed by atoms with Gasteiger partial charge in [0, 0.05) is 5.54 Å². The molecule has 0 radical (unpaired) electrons. The molecule has 2 rings (SSSR count). The van der Waals surface area contributed by atoms with E-state index in [-0.39, 0.29) is 5.54 Å². The predicted octanol–water partition coefficient (Wildman–Crippen LogP) is 4.79. The average molecular weight is 318 g/mol. The van der Waals surface area contributed by atoms with Gasteiger partial charge in [0.25, 0.3) is 0 Å². The molecule has 22 heavy (non-hydrogen) atoms. The number of hydrogen-bond donors (Lipinski definition) is 1. The molecular formula is C20H35NSi. The first kappa shape index (κ1) is 17.7. The van der Waals surface area contributed by atoms with Gasteiger partial charge in [0.05, 0.1) is 0 Å². The van der Waals surface area contributed by atoms with Crippen molar-refractivity contribution in [3.8, 4) is 0 Å². The van der Waals surface area contributed by atoms with Gasteiger partial charge in [-0.25, -0.2) is 0 Å². The Morgan fingerprint density at radius 2 is 1.27 bits per heavy atom. The molecule has 0 amide bonds. The van der Waals surface area contributed by atoms with Gasteiger partial charge in [-0.3, -0.25) is 0 Å². The molecule has 5 unspecified atom stereocenters. The maximum atomic E-state index is 4.13. The van der Waals surface area contributed by atoms with Crippen LogP contribution in [0.1, 0.15) is 48.5 Å². The van der Waals surface area contributed by atoms with Gasteiger partial charge in [-0.05, 0) is 55.2 Å². The number of nitrogens with one attached hydrogen (secondary N) is 1. The molecule has 1 saturated carbocycles. The zero-order chi connectivity index (χ0) is 16.7. The molecule has 5 atom stereocenters. The molecule has 0 bridgehead atoms. The second kappa shape index (κ2) is 6.12. The molecule has 1 N–H and O–H groups in total. The molecular weight excluding hydrogens is 282 g/mol. The Morgan fingerprint density at radius 3 is 1.68 bits per heavy atom. The van der Waals surface area contributed by atoms with E-state index < -0.39 is 8.24 Å². The number of rotatable bonds is 3. The van der Waals surface area contributed by atoms with Gasteiger partial charge >= 0.3 is 0 Å². The van der Waals surface area contributed by atoms with E-state index in [1.54, 1.807) is 5.19 Å². The van der Waals surface area contributed by atoms with E-state index in [4.69, 9.17) is 0 Å². The first-order valence-electron chi connectivity index (χ1n) is 8.93. The zero-order valence-corrected chi connectivity index (χ0v) is 16.8. The van der Waals surface area contributed by atoms with Crippen LogP contribution in [0.25, 0.3) is 0 Å². The van der Waals surface area contributed by atoms with Crippen LogP contribution in [0.15, 0.2) is 30.3 Å². The Hall–Kier alpha value is -0.603. The highest BCUT2D eigenvalue weighted by atomic mass is 28.3. The third kappa shape index (κ3) is 3.19. The van der Waals surface area contributed by atoms with E-state index in [2.05, 4.69) is 90.3 Å². The summed E-state index contributed by atoms with van der Waals surface area (Å²) in [6.45, 7) is 19.4. The third-order valence-electron chi connectivity index (χ3n) is 6.30. The van der Waals surface area contributed by atoms with Crippen LogP contribution in [0.4, 0.5) is 0 Å². The van der Waals surface area contributed by atoms with Gasteiger partial charge in [-0.1, -0.05) is 64.6 Å². The molecule has 1 fully saturated rings. The van der Waals surface area contributed by atoms with Crippen molar-refractivity contribution in [2.45, 2.75) is 66.1 Å². The van der Waals surface area contributed by atoms with E-state index in [1.807, 2.05) is 0 Å². The molecule has 0 aliphatic heterocycles. The fourth-order valence-electron chi connectivity index (χ4n) is 5.05. The lowest BCUT2D eigenvalue weighted by atomic mass is 9.92. The number of hydrogen-bond acceptors (Lipinski definition) is 1. The maximum Gasteiger partial charge on any atom is 0.158 e. The van der Waals surface area contributed by atoms with Crippen LogP contribution in [0.5, 0.6) is 0 Å². The van der Waals surface area contributed by atoms with Crippen LogP contribution < -0.4 is 10.2 Å². The fourth-order valence-corrected chi connectivity index (χ4v) is 10.9. The molecule has 1 aliphatic carbocycles. The Balaban J connectivity index is 2.50. The highest BCUT2D eigenvalue weighted by molar-refractivity contribution is 6.90. The maximum absolute atomic E-state index is 4.13. The molecule has 2 heteroatoms. The van der Waals surface area contributed by atoms with Crippen molar-refractivity contribution in [2.24, 2.45) is 23.7 Å². The van der Waals surface area contributed by atoms with E-state index in [0.29, 0.717) is 0 Å². The van der Waals surface area contributed by atoms with E-state index in [9.17, 15) is 0 Å². The van der Waals surface area contributed by atoms with Crippen molar-refractivity contribution < 1.29 is 0 Å². The highest BCUT2D eigenvalue weighted by Gasteiger charge is 2.53. The largest absolute Gasteiger partial charge is 0.329 e. The normalized spacial score (nSPS) is 35.4. The summed E-state index contributed by atoms with van der Waals surface area (Å²) < 4.78 is 0. The predicted molar refractivity (Wildman–Crippen MR) is 101 cm³/mol. The van der Waals surface area contributed by atoms with Crippen LogP contribution in [-0.2, 0) is 0 Å². The number of benzene rings is 1. The Bertz CT molecular complexity index is 478. The fraction of sp³-hybridized carbons (Fsp3) is 0.700. The third-order valence-corrected chi connectivity index (χ3v) is 11.5. The van der Waals surface area contributed by atoms with Gasteiger partial charge in [-0.2, -0.15) is 0 Å². The SMILES string of the molecule is CC1C(C)C(C)C([Si](C)(NC(C)(C)C)c2ccccc2)C1C. The monoisotopic (exact) mass is 317 g/mol. The summed E-state index contributed by atoms with van der Waals surface area (Å²) in [4.78, 5) is 4.13. The molecule has 1 nitrogen and oxygen atoms in total. The minimum atomic E-state index is -1.79. The van der Waals surface area contributed by atoms with Gasteiger partial charge in [0.2, 0.25) is 0 Å². The van der Waals surface area contributed by atoms with Crippen molar-refractivity contribution in [1.29, 1.82) is 0 Å². The average Bonchev–Trinajstić information content (AvgIpc) is 2.62. The van der Waals surface area contributed by atoms with Crippen molar-refractivity contribution in [1.82, 2.24) is 4.98 Å². The van der Waals surface area contributed by atoms with E-state index >= 15 is 0 Å². The molecule has 1 aromatic carbocycles. The lowest BCUT2D eigenvalue weighted by molar-refractivity contribution is 0.352. The summed E-state index contributed by atoms with van der Waals surface area (Å²) in [7, 11) is -1.79. The van der Waals surface area contributed by atoms with Gasteiger partial charge in [-0.15, -0.1) is 0 Å². The molecule has 0 saturated heterocycles. The summed E-state index contributed by atoms with van der Waals surface area (Å²) in [5, 5.41) is 1.56. The second-order valence-electron chi connectivity index (χ2n) is 8.91. The van der Waals surface area contributed by atoms with Crippen LogP contribution in [0, 0.1) is 23.7 Å². The Kier molecular flexibility index (Phi) is 4.94. The summed E-state index contributed by atoms with van der Waals surface area (Å²) in [6.07, 6.45) is 0. The first-order valence-corrected chi connectivity index (χ1v) is 11.5. The van der Waals surface area contributed by atoms with Crippen LogP contribution in [0.3, 0.4) is 0 Å². The standard InChI is InChI=1S/C20H35NSi/c1-14-15(2)17(4)19(16(14)3)22(8,21-20(5,6)7)18-12-10-9-11-13-18/h9-17,19,21H,1-8H3. The summed E-state index contributed by atoms with van der Waals surface area (Å²) in [5.74, 6) is 3.21. The molecule has 0 spiro atoms.